The number of aliphatic hydroxyl groups excluding tert-OH is 1. The average Bonchev–Trinajstić information content (AvgIpc) is 3.03. The Morgan fingerprint density at radius 3 is 2.52 bits per heavy atom. The Balaban J connectivity index is 2.12. The molecule has 11 heteroatoms. The molecule has 0 fully saturated rings. The van der Waals surface area contributed by atoms with Gasteiger partial charge in [-0.2, -0.15) is 13.2 Å². The highest BCUT2D eigenvalue weighted by atomic mass is 32.1. The quantitative estimate of drug-likeness (QED) is 0.447. The van der Waals surface area contributed by atoms with E-state index in [0.29, 0.717) is 0 Å². The van der Waals surface area contributed by atoms with E-state index in [-0.39, 0.29) is 40.3 Å². The van der Waals surface area contributed by atoms with Crippen LogP contribution in [0.2, 0.25) is 0 Å². The molecule has 0 spiro atoms. The molecule has 31 heavy (non-hydrogen) atoms. The van der Waals surface area contributed by atoms with Gasteiger partial charge in [0.25, 0.3) is 0 Å². The Kier molecular flexibility index (Phi) is 6.30. The van der Waals surface area contributed by atoms with Crippen LogP contribution in [0.5, 0.6) is 0 Å². The van der Waals surface area contributed by atoms with Crippen molar-refractivity contribution in [3.8, 4) is 0 Å². The summed E-state index contributed by atoms with van der Waals surface area (Å²) < 4.78 is 73.6. The Bertz CT molecular complexity index is 971. The average molecular weight is 464 g/mol. The van der Waals surface area contributed by atoms with E-state index in [1.165, 1.54) is 12.1 Å². The van der Waals surface area contributed by atoms with E-state index < -0.39 is 52.6 Å². The molecule has 0 unspecified atom stereocenters. The number of nitrogens with zero attached hydrogens (tertiary/aromatic N) is 1. The Morgan fingerprint density at radius 2 is 1.90 bits per heavy atom. The van der Waals surface area contributed by atoms with Crippen molar-refractivity contribution in [1.29, 1.82) is 0 Å². The van der Waals surface area contributed by atoms with E-state index in [0.717, 1.165) is 6.07 Å². The summed E-state index contributed by atoms with van der Waals surface area (Å²) in [5.74, 6) is -3.25. The predicted molar refractivity (Wildman–Crippen MR) is 103 cm³/mol. The Hall–Kier alpha value is -2.27. The maximum Gasteiger partial charge on any atom is 0.443 e. The molecule has 2 aromatic rings. The van der Waals surface area contributed by atoms with Crippen molar-refractivity contribution in [3.05, 3.63) is 51.0 Å². The summed E-state index contributed by atoms with van der Waals surface area (Å²) in [4.78, 5) is 15.9. The molecule has 170 valence electrons. The zero-order chi connectivity index (χ0) is 23.1. The molecule has 0 aliphatic heterocycles. The number of alkyl halides is 3. The number of rotatable bonds is 2. The van der Waals surface area contributed by atoms with Gasteiger partial charge in [-0.1, -0.05) is 12.1 Å². The summed E-state index contributed by atoms with van der Waals surface area (Å²) >= 11 is 0.253. The summed E-state index contributed by atoms with van der Waals surface area (Å²) in [6, 6.07) is 2.28. The van der Waals surface area contributed by atoms with Crippen molar-refractivity contribution in [2.45, 2.75) is 63.5 Å². The summed E-state index contributed by atoms with van der Waals surface area (Å²) in [6.07, 6.45) is -7.06. The van der Waals surface area contributed by atoms with Crippen LogP contribution in [0.1, 0.15) is 72.8 Å². The highest BCUT2D eigenvalue weighted by Crippen LogP contribution is 2.48. The fourth-order valence-electron chi connectivity index (χ4n) is 3.49. The van der Waals surface area contributed by atoms with E-state index in [4.69, 9.17) is 4.74 Å². The minimum Gasteiger partial charge on any atom is -0.444 e. The molecule has 3 atom stereocenters. The number of alkyl carbamates (subject to hydrolysis) is 1. The van der Waals surface area contributed by atoms with Gasteiger partial charge in [-0.05, 0) is 45.2 Å². The molecule has 1 aliphatic carbocycles. The number of amides is 1. The van der Waals surface area contributed by atoms with Gasteiger partial charge in [-0.3, -0.25) is 0 Å². The van der Waals surface area contributed by atoms with Gasteiger partial charge in [-0.25, -0.2) is 18.6 Å². The second-order valence-electron chi connectivity index (χ2n) is 8.23. The lowest BCUT2D eigenvalue weighted by molar-refractivity contribution is -0.137. The third-order valence-electron chi connectivity index (χ3n) is 4.73. The van der Waals surface area contributed by atoms with Crippen molar-refractivity contribution >= 4 is 17.4 Å². The van der Waals surface area contributed by atoms with Crippen LogP contribution in [0.3, 0.4) is 0 Å². The maximum absolute atomic E-state index is 14.6. The van der Waals surface area contributed by atoms with Crippen molar-refractivity contribution in [1.82, 2.24) is 10.3 Å². The highest BCUT2D eigenvalue weighted by molar-refractivity contribution is 7.12. The predicted octanol–water partition coefficient (Wildman–Crippen LogP) is 5.62. The molecule has 0 saturated heterocycles. The van der Waals surface area contributed by atoms with Gasteiger partial charge >= 0.3 is 12.3 Å². The monoisotopic (exact) mass is 464 g/mol. The lowest BCUT2D eigenvalue weighted by atomic mass is 9.87. The lowest BCUT2D eigenvalue weighted by Gasteiger charge is -2.28. The molecule has 1 aliphatic rings. The number of halogens is 5. The molecule has 1 aromatic heterocycles. The molecule has 1 amide bonds. The summed E-state index contributed by atoms with van der Waals surface area (Å²) in [6.45, 7) is 4.81. The Morgan fingerprint density at radius 1 is 1.23 bits per heavy atom. The van der Waals surface area contributed by atoms with Gasteiger partial charge in [0.15, 0.2) is 16.6 Å². The molecule has 0 bridgehead atoms. The number of carbonyl (C=O) groups excluding carboxylic acids is 1. The fourth-order valence-corrected chi connectivity index (χ4v) is 4.60. The van der Waals surface area contributed by atoms with Gasteiger partial charge in [0.2, 0.25) is 0 Å². The number of nitrogens with one attached hydrogen (secondary N) is 1. The van der Waals surface area contributed by atoms with Crippen molar-refractivity contribution in [3.63, 3.8) is 0 Å². The second-order valence-corrected chi connectivity index (χ2v) is 9.26. The van der Waals surface area contributed by atoms with Crippen molar-refractivity contribution < 1.29 is 36.6 Å². The first-order valence-electron chi connectivity index (χ1n) is 9.47. The lowest BCUT2D eigenvalue weighted by Crippen LogP contribution is -2.37. The molecular formula is C20H21F5N2O3S. The normalized spacial score (nSPS) is 21.9. The molecular weight excluding hydrogens is 443 g/mol. The number of ether oxygens (including phenoxy) is 1. The summed E-state index contributed by atoms with van der Waals surface area (Å²) in [5.41, 5.74) is -1.26. The third kappa shape index (κ3) is 5.15. The number of hydrogen-bond donors (Lipinski definition) is 2. The molecule has 5 nitrogen and oxygen atoms in total. The van der Waals surface area contributed by atoms with E-state index in [9.17, 15) is 31.9 Å². The third-order valence-corrected chi connectivity index (χ3v) is 5.93. The number of carbonyl (C=O) groups is 1. The SMILES string of the molecule is CC(C)(C)OC(=O)N[C@@H]1c2sc(C(F)(F)F)nc2[C@H](O)CC[C@H]1c1cccc(F)c1F. The van der Waals surface area contributed by atoms with Crippen LogP contribution in [0.25, 0.3) is 0 Å². The molecule has 1 heterocycles. The van der Waals surface area contributed by atoms with Crippen molar-refractivity contribution in [2.75, 3.05) is 0 Å². The second kappa shape index (κ2) is 8.34. The number of aromatic nitrogens is 1. The minimum atomic E-state index is -4.77. The van der Waals surface area contributed by atoms with Crippen molar-refractivity contribution in [2.24, 2.45) is 0 Å². The van der Waals surface area contributed by atoms with E-state index in [1.807, 2.05) is 0 Å². The number of thiazole rings is 1. The van der Waals surface area contributed by atoms with Crippen LogP contribution in [-0.2, 0) is 10.9 Å². The van der Waals surface area contributed by atoms with E-state index in [1.54, 1.807) is 20.8 Å². The van der Waals surface area contributed by atoms with Crippen LogP contribution in [-0.4, -0.2) is 21.8 Å². The molecule has 0 saturated carbocycles. The van der Waals surface area contributed by atoms with E-state index >= 15 is 0 Å². The number of benzene rings is 1. The summed E-state index contributed by atoms with van der Waals surface area (Å²) in [5, 5.41) is 11.7. The molecule has 2 N–H and O–H groups in total. The minimum absolute atomic E-state index is 0.0544. The topological polar surface area (TPSA) is 71.5 Å². The molecule has 1 aromatic carbocycles. The summed E-state index contributed by atoms with van der Waals surface area (Å²) in [7, 11) is 0. The first kappa shape index (κ1) is 23.4. The van der Waals surface area contributed by atoms with Crippen LogP contribution in [0.4, 0.5) is 26.7 Å². The van der Waals surface area contributed by atoms with Crippen LogP contribution >= 0.6 is 11.3 Å². The fraction of sp³-hybridized carbons (Fsp3) is 0.500. The van der Waals surface area contributed by atoms with Gasteiger partial charge in [0.1, 0.15) is 5.60 Å². The maximum atomic E-state index is 14.6. The first-order valence-corrected chi connectivity index (χ1v) is 10.3. The first-order chi connectivity index (χ1) is 14.3. The number of hydrogen-bond acceptors (Lipinski definition) is 5. The molecule has 0 radical (unpaired) electrons. The number of aliphatic hydroxyl groups is 1. The Labute approximate surface area is 179 Å². The zero-order valence-corrected chi connectivity index (χ0v) is 17.7. The standard InChI is InChI=1S/C20H21F5N2O3S/c1-19(2,3)30-18(29)27-14-10(9-5-4-6-11(21)13(9)22)7-8-12(28)15-16(14)31-17(26-15)20(23,24)25/h4-6,10,12,14,28H,7-8H2,1-3H3,(H,27,29)/t10-,12+,14-/m0/s1. The largest absolute Gasteiger partial charge is 0.444 e. The zero-order valence-electron chi connectivity index (χ0n) is 16.9. The van der Waals surface area contributed by atoms with Crippen LogP contribution in [0.15, 0.2) is 18.2 Å². The van der Waals surface area contributed by atoms with Gasteiger partial charge < -0.3 is 15.2 Å². The van der Waals surface area contributed by atoms with Gasteiger partial charge in [0.05, 0.1) is 22.7 Å². The smallest absolute Gasteiger partial charge is 0.443 e. The van der Waals surface area contributed by atoms with Gasteiger partial charge in [-0.15, -0.1) is 11.3 Å². The number of fused-ring (bicyclic) bond motifs is 1. The van der Waals surface area contributed by atoms with Crippen LogP contribution in [0, 0.1) is 11.6 Å². The van der Waals surface area contributed by atoms with Gasteiger partial charge in [0, 0.05) is 5.92 Å². The van der Waals surface area contributed by atoms with Crippen LogP contribution < -0.4 is 5.32 Å². The highest BCUT2D eigenvalue weighted by Gasteiger charge is 2.43. The van der Waals surface area contributed by atoms with E-state index in [2.05, 4.69) is 10.3 Å². The molecule has 3 rings (SSSR count).